The van der Waals surface area contributed by atoms with Crippen LogP contribution in [0.15, 0.2) is 49.1 Å². The quantitative estimate of drug-likeness (QED) is 0.649. The number of aromatic nitrogens is 3. The normalized spacial score (nSPS) is 18.0. The molecule has 2 aliphatic heterocycles. The molecule has 0 radical (unpaired) electrons. The third-order valence-electron chi connectivity index (χ3n) is 5.78. The Kier molecular flexibility index (Phi) is 5.24. The zero-order chi connectivity index (χ0) is 21.2. The van der Waals surface area contributed by atoms with Gasteiger partial charge in [-0.25, -0.2) is 9.97 Å². The summed E-state index contributed by atoms with van der Waals surface area (Å²) in [4.78, 5) is 28.2. The van der Waals surface area contributed by atoms with Crippen molar-refractivity contribution in [2.75, 3.05) is 26.3 Å². The van der Waals surface area contributed by atoms with Gasteiger partial charge < -0.3 is 14.4 Å². The molecule has 0 N–H and O–H groups in total. The lowest BCUT2D eigenvalue weighted by Gasteiger charge is -2.33. The SMILES string of the molecule is Cc1cc(-c2cncnc2)cc([C@@H]2CCCN(C(=O)c3ccc4c(c3)OCCO4)C2)n1. The summed E-state index contributed by atoms with van der Waals surface area (Å²) in [6.07, 6.45) is 7.10. The standard InChI is InChI=1S/C24H24N4O3/c1-16-9-19(20-12-25-15-26-13-20)10-21(27-16)18-3-2-6-28(14-18)24(29)17-4-5-22-23(11-17)31-8-7-30-22/h4-5,9-13,15,18H,2-3,6-8,14H2,1H3/t18-/m1/s1. The molecule has 0 saturated carbocycles. The highest BCUT2D eigenvalue weighted by Crippen LogP contribution is 2.33. The number of rotatable bonds is 3. The molecule has 0 bridgehead atoms. The highest BCUT2D eigenvalue weighted by atomic mass is 16.6. The molecule has 0 spiro atoms. The van der Waals surface area contributed by atoms with Crippen LogP contribution in [0.3, 0.4) is 0 Å². The van der Waals surface area contributed by atoms with Gasteiger partial charge in [0.2, 0.25) is 0 Å². The molecule has 5 rings (SSSR count). The Balaban J connectivity index is 1.37. The molecule has 1 fully saturated rings. The molecule has 4 heterocycles. The van der Waals surface area contributed by atoms with Gasteiger partial charge in [-0.1, -0.05) is 0 Å². The van der Waals surface area contributed by atoms with E-state index in [1.165, 1.54) is 6.33 Å². The summed E-state index contributed by atoms with van der Waals surface area (Å²) in [7, 11) is 0. The van der Waals surface area contributed by atoms with Crippen molar-refractivity contribution in [3.05, 3.63) is 66.0 Å². The van der Waals surface area contributed by atoms with Crippen molar-refractivity contribution in [2.45, 2.75) is 25.7 Å². The fraction of sp³-hybridized carbons (Fsp3) is 0.333. The van der Waals surface area contributed by atoms with Gasteiger partial charge in [0.25, 0.3) is 5.91 Å². The summed E-state index contributed by atoms with van der Waals surface area (Å²) in [5.41, 5.74) is 4.61. The summed E-state index contributed by atoms with van der Waals surface area (Å²) in [6, 6.07) is 9.58. The lowest BCUT2D eigenvalue weighted by molar-refractivity contribution is 0.0705. The molecule has 1 amide bonds. The van der Waals surface area contributed by atoms with Crippen LogP contribution in [0.4, 0.5) is 0 Å². The molecule has 3 aromatic rings. The smallest absolute Gasteiger partial charge is 0.254 e. The van der Waals surface area contributed by atoms with E-state index in [1.54, 1.807) is 6.07 Å². The van der Waals surface area contributed by atoms with Crippen LogP contribution < -0.4 is 9.47 Å². The topological polar surface area (TPSA) is 77.4 Å². The van der Waals surface area contributed by atoms with E-state index in [1.807, 2.05) is 42.4 Å². The maximum Gasteiger partial charge on any atom is 0.254 e. The molecule has 1 atom stereocenters. The second kappa shape index (κ2) is 8.34. The highest BCUT2D eigenvalue weighted by Gasteiger charge is 2.27. The number of aryl methyl sites for hydroxylation is 1. The van der Waals surface area contributed by atoms with Gasteiger partial charge in [0.05, 0.1) is 0 Å². The van der Waals surface area contributed by atoms with Crippen molar-refractivity contribution >= 4 is 5.91 Å². The molecule has 31 heavy (non-hydrogen) atoms. The zero-order valence-corrected chi connectivity index (χ0v) is 17.5. The minimum absolute atomic E-state index is 0.0195. The molecule has 158 valence electrons. The average molecular weight is 416 g/mol. The van der Waals surface area contributed by atoms with Gasteiger partial charge >= 0.3 is 0 Å². The first-order valence-corrected chi connectivity index (χ1v) is 10.6. The number of carbonyl (C=O) groups excluding carboxylic acids is 1. The highest BCUT2D eigenvalue weighted by molar-refractivity contribution is 5.95. The molecule has 7 nitrogen and oxygen atoms in total. The predicted molar refractivity (Wildman–Crippen MR) is 115 cm³/mol. The van der Waals surface area contributed by atoms with E-state index < -0.39 is 0 Å². The minimum Gasteiger partial charge on any atom is -0.486 e. The summed E-state index contributed by atoms with van der Waals surface area (Å²) >= 11 is 0. The molecule has 1 aromatic carbocycles. The molecule has 1 saturated heterocycles. The summed E-state index contributed by atoms with van der Waals surface area (Å²) < 4.78 is 11.2. The van der Waals surface area contributed by atoms with Crippen LogP contribution in [0, 0.1) is 6.92 Å². The van der Waals surface area contributed by atoms with E-state index in [0.29, 0.717) is 36.8 Å². The number of benzene rings is 1. The number of carbonyl (C=O) groups is 1. The van der Waals surface area contributed by atoms with Crippen molar-refractivity contribution in [1.82, 2.24) is 19.9 Å². The number of likely N-dealkylation sites (tertiary alicyclic amines) is 1. The number of amides is 1. The van der Waals surface area contributed by atoms with Gasteiger partial charge in [0.15, 0.2) is 11.5 Å². The number of ether oxygens (including phenoxy) is 2. The number of hydrogen-bond acceptors (Lipinski definition) is 6. The monoisotopic (exact) mass is 416 g/mol. The maximum atomic E-state index is 13.2. The molecule has 0 aliphatic carbocycles. The number of pyridine rings is 1. The van der Waals surface area contributed by atoms with Gasteiger partial charge in [0, 0.05) is 53.9 Å². The number of piperidine rings is 1. The van der Waals surface area contributed by atoms with Gasteiger partial charge in [-0.05, 0) is 55.7 Å². The van der Waals surface area contributed by atoms with E-state index in [4.69, 9.17) is 14.5 Å². The maximum absolute atomic E-state index is 13.2. The van der Waals surface area contributed by atoms with Crippen LogP contribution in [0.5, 0.6) is 11.5 Å². The van der Waals surface area contributed by atoms with E-state index in [2.05, 4.69) is 16.0 Å². The van der Waals surface area contributed by atoms with E-state index in [-0.39, 0.29) is 11.8 Å². The van der Waals surface area contributed by atoms with Crippen molar-refractivity contribution in [2.24, 2.45) is 0 Å². The van der Waals surface area contributed by atoms with Crippen LogP contribution in [-0.2, 0) is 0 Å². The zero-order valence-electron chi connectivity index (χ0n) is 17.5. The van der Waals surface area contributed by atoms with Gasteiger partial charge in [0.1, 0.15) is 19.5 Å². The molecule has 7 heteroatoms. The largest absolute Gasteiger partial charge is 0.486 e. The Morgan fingerprint density at radius 1 is 1.03 bits per heavy atom. The minimum atomic E-state index is 0.0195. The van der Waals surface area contributed by atoms with Crippen LogP contribution in [0.25, 0.3) is 11.1 Å². The van der Waals surface area contributed by atoms with Crippen molar-refractivity contribution in [3.63, 3.8) is 0 Å². The van der Waals surface area contributed by atoms with Gasteiger partial charge in [-0.3, -0.25) is 9.78 Å². The lowest BCUT2D eigenvalue weighted by Crippen LogP contribution is -2.39. The number of fused-ring (bicyclic) bond motifs is 1. The van der Waals surface area contributed by atoms with Crippen LogP contribution in [-0.4, -0.2) is 52.1 Å². The summed E-state index contributed by atoms with van der Waals surface area (Å²) in [5.74, 6) is 1.55. The first-order valence-electron chi connectivity index (χ1n) is 10.6. The second-order valence-electron chi connectivity index (χ2n) is 8.00. The van der Waals surface area contributed by atoms with Crippen LogP contribution >= 0.6 is 0 Å². The number of hydrogen-bond donors (Lipinski definition) is 0. The molecular formula is C24H24N4O3. The Morgan fingerprint density at radius 2 is 1.84 bits per heavy atom. The van der Waals surface area contributed by atoms with E-state index in [0.717, 1.165) is 41.9 Å². The van der Waals surface area contributed by atoms with Gasteiger partial charge in [-0.15, -0.1) is 0 Å². The van der Waals surface area contributed by atoms with Crippen LogP contribution in [0.1, 0.15) is 40.5 Å². The first-order chi connectivity index (χ1) is 15.2. The summed E-state index contributed by atoms with van der Waals surface area (Å²) in [6.45, 7) is 4.43. The van der Waals surface area contributed by atoms with E-state index >= 15 is 0 Å². The Labute approximate surface area is 181 Å². The molecule has 2 aliphatic rings. The average Bonchev–Trinajstić information content (AvgIpc) is 2.83. The van der Waals surface area contributed by atoms with Crippen LogP contribution in [0.2, 0.25) is 0 Å². The van der Waals surface area contributed by atoms with E-state index in [9.17, 15) is 4.79 Å². The fourth-order valence-corrected chi connectivity index (χ4v) is 4.28. The predicted octanol–water partition coefficient (Wildman–Crippen LogP) is 3.64. The Morgan fingerprint density at radius 3 is 2.68 bits per heavy atom. The Bertz CT molecular complexity index is 1100. The number of nitrogens with zero attached hydrogens (tertiary/aromatic N) is 4. The first kappa shape index (κ1) is 19.5. The lowest BCUT2D eigenvalue weighted by atomic mass is 9.92. The van der Waals surface area contributed by atoms with Gasteiger partial charge in [-0.2, -0.15) is 0 Å². The third kappa shape index (κ3) is 4.08. The second-order valence-corrected chi connectivity index (χ2v) is 8.00. The molecular weight excluding hydrogens is 392 g/mol. The summed E-state index contributed by atoms with van der Waals surface area (Å²) in [5, 5.41) is 0. The van der Waals surface area contributed by atoms with Crippen molar-refractivity contribution in [1.29, 1.82) is 0 Å². The molecule has 2 aromatic heterocycles. The fourth-order valence-electron chi connectivity index (χ4n) is 4.28. The third-order valence-corrected chi connectivity index (χ3v) is 5.78. The molecule has 0 unspecified atom stereocenters. The Hall–Kier alpha value is -3.48. The van der Waals surface area contributed by atoms with Crippen molar-refractivity contribution in [3.8, 4) is 22.6 Å². The van der Waals surface area contributed by atoms with Crippen molar-refractivity contribution < 1.29 is 14.3 Å².